The Balaban J connectivity index is 1.96. The number of carbonyl (C=O) groups is 2. The van der Waals surface area contributed by atoms with Crippen LogP contribution in [0.3, 0.4) is 0 Å². The van der Waals surface area contributed by atoms with Gasteiger partial charge in [-0.3, -0.25) is 9.59 Å². The fraction of sp³-hybridized carbons (Fsp3) is 0.111. The number of hydrogen-bond donors (Lipinski definition) is 2. The van der Waals surface area contributed by atoms with Crippen LogP contribution in [0.15, 0.2) is 48.5 Å². The zero-order valence-corrected chi connectivity index (χ0v) is 14.5. The fourth-order valence-corrected chi connectivity index (χ4v) is 2.34. The van der Waals surface area contributed by atoms with Crippen LogP contribution in [0.25, 0.3) is 6.08 Å². The number of anilines is 2. The Morgan fingerprint density at radius 2 is 1.62 bits per heavy atom. The lowest BCUT2D eigenvalue weighted by molar-refractivity contribution is -0.116. The van der Waals surface area contributed by atoms with Gasteiger partial charge in [-0.15, -0.1) is 0 Å². The average molecular weight is 363 g/mol. The van der Waals surface area contributed by atoms with E-state index in [4.69, 9.17) is 23.2 Å². The van der Waals surface area contributed by atoms with Crippen molar-refractivity contribution in [2.75, 3.05) is 10.6 Å². The second-order valence-electron chi connectivity index (χ2n) is 4.97. The minimum atomic E-state index is -0.286. The van der Waals surface area contributed by atoms with Crippen molar-refractivity contribution in [2.24, 2.45) is 0 Å². The first-order valence-corrected chi connectivity index (χ1v) is 8.07. The molecule has 0 aromatic heterocycles. The van der Waals surface area contributed by atoms with Crippen LogP contribution in [-0.4, -0.2) is 11.8 Å². The van der Waals surface area contributed by atoms with E-state index in [1.807, 2.05) is 0 Å². The molecule has 0 saturated carbocycles. The third-order valence-corrected chi connectivity index (χ3v) is 3.70. The van der Waals surface area contributed by atoms with Gasteiger partial charge in [0.1, 0.15) is 0 Å². The van der Waals surface area contributed by atoms with Crippen LogP contribution in [0, 0.1) is 0 Å². The summed E-state index contributed by atoms with van der Waals surface area (Å²) >= 11 is 11.9. The molecule has 2 aromatic carbocycles. The van der Waals surface area contributed by atoms with Crippen LogP contribution < -0.4 is 10.6 Å². The van der Waals surface area contributed by atoms with Gasteiger partial charge >= 0.3 is 0 Å². The lowest BCUT2D eigenvalue weighted by Gasteiger charge is -2.06. The molecule has 0 heterocycles. The van der Waals surface area contributed by atoms with Crippen LogP contribution in [0.4, 0.5) is 11.4 Å². The third kappa shape index (κ3) is 5.41. The summed E-state index contributed by atoms with van der Waals surface area (Å²) in [6.07, 6.45) is 3.42. The summed E-state index contributed by atoms with van der Waals surface area (Å²) in [5, 5.41) is 6.48. The first-order valence-electron chi connectivity index (χ1n) is 7.32. The Morgan fingerprint density at radius 3 is 2.21 bits per heavy atom. The van der Waals surface area contributed by atoms with Gasteiger partial charge in [0.2, 0.25) is 11.8 Å². The largest absolute Gasteiger partial charge is 0.326 e. The normalized spacial score (nSPS) is 10.6. The van der Waals surface area contributed by atoms with Crippen LogP contribution in [0.5, 0.6) is 0 Å². The van der Waals surface area contributed by atoms with Crippen molar-refractivity contribution in [3.05, 3.63) is 64.1 Å². The summed E-state index contributed by atoms with van der Waals surface area (Å²) < 4.78 is 0. The number of rotatable bonds is 5. The molecule has 4 nitrogen and oxygen atoms in total. The van der Waals surface area contributed by atoms with Gasteiger partial charge in [0.25, 0.3) is 0 Å². The van der Waals surface area contributed by atoms with Gasteiger partial charge in [0.05, 0.1) is 0 Å². The number of hydrogen-bond acceptors (Lipinski definition) is 2. The third-order valence-electron chi connectivity index (χ3n) is 3.13. The summed E-state index contributed by atoms with van der Waals surface area (Å²) in [5.41, 5.74) is 2.01. The highest BCUT2D eigenvalue weighted by molar-refractivity contribution is 6.35. The highest BCUT2D eigenvalue weighted by Crippen LogP contribution is 2.22. The predicted molar refractivity (Wildman–Crippen MR) is 99.5 cm³/mol. The summed E-state index contributed by atoms with van der Waals surface area (Å²) in [7, 11) is 0. The highest BCUT2D eigenvalue weighted by Gasteiger charge is 2.02. The summed E-state index contributed by atoms with van der Waals surface area (Å²) in [5.74, 6) is -0.346. The molecule has 0 saturated heterocycles. The standard InChI is InChI=1S/C18H16Cl2N2O2/c1-2-17(23)21-14-6-8-15(9-7-14)22-18(24)10-4-12-3-5-13(19)11-16(12)20/h3-11H,2H2,1H3,(H,21,23)(H,22,24). The summed E-state index contributed by atoms with van der Waals surface area (Å²) in [4.78, 5) is 23.2. The molecule has 0 aliphatic rings. The molecule has 0 unspecified atom stereocenters. The maximum absolute atomic E-state index is 11.9. The van der Waals surface area contributed by atoms with Crippen LogP contribution in [-0.2, 0) is 9.59 Å². The van der Waals surface area contributed by atoms with Crippen molar-refractivity contribution in [1.29, 1.82) is 0 Å². The molecular formula is C18H16Cl2N2O2. The van der Waals surface area contributed by atoms with E-state index in [9.17, 15) is 9.59 Å². The number of nitrogens with one attached hydrogen (secondary N) is 2. The molecular weight excluding hydrogens is 347 g/mol. The number of carbonyl (C=O) groups excluding carboxylic acids is 2. The Hall–Kier alpha value is -2.30. The lowest BCUT2D eigenvalue weighted by Crippen LogP contribution is -2.10. The van der Waals surface area contributed by atoms with Gasteiger partial charge in [-0.05, 0) is 48.0 Å². The molecule has 0 aliphatic heterocycles. The Kier molecular flexibility index (Phi) is 6.41. The predicted octanol–water partition coefficient (Wildman–Crippen LogP) is 4.99. The average Bonchev–Trinajstić information content (AvgIpc) is 2.55. The number of halogens is 2. The molecule has 0 aliphatic carbocycles. The molecule has 2 N–H and O–H groups in total. The zero-order chi connectivity index (χ0) is 17.5. The van der Waals surface area contributed by atoms with E-state index in [1.165, 1.54) is 6.08 Å². The van der Waals surface area contributed by atoms with Gasteiger partial charge in [-0.25, -0.2) is 0 Å². The summed E-state index contributed by atoms with van der Waals surface area (Å²) in [6, 6.07) is 11.9. The van der Waals surface area contributed by atoms with E-state index >= 15 is 0 Å². The molecule has 0 bridgehead atoms. The molecule has 0 atom stereocenters. The number of amides is 2. The minimum Gasteiger partial charge on any atom is -0.326 e. The van der Waals surface area contributed by atoms with Gasteiger partial charge < -0.3 is 10.6 Å². The van der Waals surface area contributed by atoms with Crippen molar-refractivity contribution >= 4 is 52.5 Å². The minimum absolute atomic E-state index is 0.0606. The van der Waals surface area contributed by atoms with E-state index in [0.29, 0.717) is 33.4 Å². The van der Waals surface area contributed by atoms with Gasteiger partial charge in [-0.1, -0.05) is 36.2 Å². The van der Waals surface area contributed by atoms with Crippen LogP contribution >= 0.6 is 23.2 Å². The van der Waals surface area contributed by atoms with Crippen molar-refractivity contribution in [1.82, 2.24) is 0 Å². The van der Waals surface area contributed by atoms with Crippen molar-refractivity contribution in [3.63, 3.8) is 0 Å². The SMILES string of the molecule is CCC(=O)Nc1ccc(NC(=O)C=Cc2ccc(Cl)cc2Cl)cc1. The number of benzene rings is 2. The fourth-order valence-electron chi connectivity index (χ4n) is 1.87. The summed E-state index contributed by atoms with van der Waals surface area (Å²) in [6.45, 7) is 1.78. The zero-order valence-electron chi connectivity index (χ0n) is 13.0. The Bertz CT molecular complexity index is 771. The van der Waals surface area contributed by atoms with Crippen molar-refractivity contribution in [3.8, 4) is 0 Å². The van der Waals surface area contributed by atoms with Crippen molar-refractivity contribution < 1.29 is 9.59 Å². The lowest BCUT2D eigenvalue weighted by atomic mass is 10.2. The Morgan fingerprint density at radius 1 is 1.00 bits per heavy atom. The second kappa shape index (κ2) is 8.52. The molecule has 0 radical (unpaired) electrons. The van der Waals surface area contributed by atoms with E-state index in [2.05, 4.69) is 10.6 Å². The quantitative estimate of drug-likeness (QED) is 0.735. The molecule has 6 heteroatoms. The topological polar surface area (TPSA) is 58.2 Å². The van der Waals surface area contributed by atoms with Gasteiger partial charge in [0.15, 0.2) is 0 Å². The second-order valence-corrected chi connectivity index (χ2v) is 5.81. The highest BCUT2D eigenvalue weighted by atomic mass is 35.5. The molecule has 0 spiro atoms. The van der Waals surface area contributed by atoms with E-state index in [0.717, 1.165) is 0 Å². The molecule has 0 fully saturated rings. The van der Waals surface area contributed by atoms with E-state index in [1.54, 1.807) is 55.5 Å². The molecule has 124 valence electrons. The van der Waals surface area contributed by atoms with Crippen LogP contribution in [0.1, 0.15) is 18.9 Å². The first kappa shape index (κ1) is 18.0. The first-order chi connectivity index (χ1) is 11.5. The maximum atomic E-state index is 11.9. The molecule has 24 heavy (non-hydrogen) atoms. The molecule has 2 rings (SSSR count). The Labute approximate surface area is 150 Å². The van der Waals surface area contributed by atoms with E-state index in [-0.39, 0.29) is 11.8 Å². The molecule has 2 aromatic rings. The monoisotopic (exact) mass is 362 g/mol. The van der Waals surface area contributed by atoms with Gasteiger partial charge in [0, 0.05) is 33.9 Å². The van der Waals surface area contributed by atoms with Crippen LogP contribution in [0.2, 0.25) is 10.0 Å². The molecule has 2 amide bonds. The van der Waals surface area contributed by atoms with Gasteiger partial charge in [-0.2, -0.15) is 0 Å². The smallest absolute Gasteiger partial charge is 0.248 e. The maximum Gasteiger partial charge on any atom is 0.248 e. The van der Waals surface area contributed by atoms with Crippen molar-refractivity contribution in [2.45, 2.75) is 13.3 Å². The van der Waals surface area contributed by atoms with E-state index < -0.39 is 0 Å².